The molecule has 0 saturated heterocycles. The number of carbonyl (C=O) groups excluding carboxylic acids is 1. The third-order valence-corrected chi connectivity index (χ3v) is 7.20. The standard InChI is InChI=1S/C22H24F2N4O3S/c1-21(18-9-22(18,12-30-2)32-20(25)28-21)14-7-13(3-4-15(14)24)8-17(29)16-10-27-19(11-26-16)31-6-5-23/h3-4,7,10-11,18H,5-6,8-9,12H2,1-2H3,(H2,25,28)/t18-,21+,22+/m0/s1. The van der Waals surface area contributed by atoms with Crippen LogP contribution in [0.4, 0.5) is 8.78 Å². The molecular formula is C22H24F2N4O3S. The molecule has 3 atom stereocenters. The summed E-state index contributed by atoms with van der Waals surface area (Å²) >= 11 is 1.49. The first-order valence-electron chi connectivity index (χ1n) is 10.2. The summed E-state index contributed by atoms with van der Waals surface area (Å²) in [6.45, 7) is 1.62. The number of hydrogen-bond acceptors (Lipinski definition) is 8. The molecule has 170 valence electrons. The maximum Gasteiger partial charge on any atom is 0.232 e. The topological polar surface area (TPSA) is 99.7 Å². The molecule has 0 bridgehead atoms. The van der Waals surface area contributed by atoms with Crippen molar-refractivity contribution in [3.63, 3.8) is 0 Å². The molecule has 2 heterocycles. The van der Waals surface area contributed by atoms with Crippen molar-refractivity contribution in [3.8, 4) is 5.88 Å². The summed E-state index contributed by atoms with van der Waals surface area (Å²) in [6, 6.07) is 4.62. The summed E-state index contributed by atoms with van der Waals surface area (Å²) in [6.07, 6.45) is 3.40. The number of aromatic nitrogens is 2. The van der Waals surface area contributed by atoms with Crippen LogP contribution in [0.5, 0.6) is 5.88 Å². The van der Waals surface area contributed by atoms with Crippen LogP contribution in [0.15, 0.2) is 35.6 Å². The van der Waals surface area contributed by atoms with E-state index in [1.807, 2.05) is 6.92 Å². The van der Waals surface area contributed by atoms with E-state index in [2.05, 4.69) is 15.0 Å². The highest BCUT2D eigenvalue weighted by molar-refractivity contribution is 8.15. The Balaban J connectivity index is 1.56. The van der Waals surface area contributed by atoms with Gasteiger partial charge in [-0.2, -0.15) is 0 Å². The van der Waals surface area contributed by atoms with Crippen molar-refractivity contribution in [3.05, 3.63) is 53.2 Å². The number of alkyl halides is 1. The number of methoxy groups -OCH3 is 1. The Bertz CT molecular complexity index is 1050. The first-order valence-corrected chi connectivity index (χ1v) is 11.0. The van der Waals surface area contributed by atoms with Crippen molar-refractivity contribution in [1.82, 2.24) is 9.97 Å². The number of hydrogen-bond donors (Lipinski definition) is 1. The third kappa shape index (κ3) is 4.21. The number of Topliss-reactive ketones (excluding diaryl/α,β-unsaturated/α-hetero) is 1. The van der Waals surface area contributed by atoms with Crippen molar-refractivity contribution in [1.29, 1.82) is 0 Å². The molecule has 1 aliphatic heterocycles. The molecule has 1 aromatic heterocycles. The minimum Gasteiger partial charge on any atom is -0.474 e. The Morgan fingerprint density at radius 2 is 2.16 bits per heavy atom. The number of nitrogens with two attached hydrogens (primary N) is 1. The van der Waals surface area contributed by atoms with E-state index in [1.165, 1.54) is 30.2 Å². The summed E-state index contributed by atoms with van der Waals surface area (Å²) in [5.41, 5.74) is 6.46. The molecule has 0 spiro atoms. The van der Waals surface area contributed by atoms with Crippen LogP contribution < -0.4 is 10.5 Å². The summed E-state index contributed by atoms with van der Waals surface area (Å²) in [7, 11) is 1.64. The van der Waals surface area contributed by atoms with Gasteiger partial charge < -0.3 is 15.2 Å². The Kier molecular flexibility index (Phi) is 6.17. The zero-order valence-corrected chi connectivity index (χ0v) is 18.6. The summed E-state index contributed by atoms with van der Waals surface area (Å²) < 4.78 is 37.3. The van der Waals surface area contributed by atoms with Crippen molar-refractivity contribution in [2.24, 2.45) is 16.6 Å². The fourth-order valence-electron chi connectivity index (χ4n) is 4.35. The molecule has 1 fully saturated rings. The van der Waals surface area contributed by atoms with E-state index in [9.17, 15) is 13.6 Å². The first kappa shape index (κ1) is 22.6. The molecule has 2 N–H and O–H groups in total. The minimum absolute atomic E-state index is 0.0184. The normalized spacial score (nSPS) is 26.2. The Labute approximate surface area is 188 Å². The Morgan fingerprint density at radius 1 is 1.34 bits per heavy atom. The molecule has 1 aromatic carbocycles. The number of halogens is 2. The van der Waals surface area contributed by atoms with Gasteiger partial charge in [-0.25, -0.2) is 18.7 Å². The van der Waals surface area contributed by atoms with Crippen molar-refractivity contribution >= 4 is 22.7 Å². The molecule has 1 saturated carbocycles. The average molecular weight is 463 g/mol. The Hall–Kier alpha value is -2.59. The highest BCUT2D eigenvalue weighted by atomic mass is 32.2. The van der Waals surface area contributed by atoms with Crippen molar-refractivity contribution in [2.75, 3.05) is 27.0 Å². The van der Waals surface area contributed by atoms with Crippen LogP contribution in [0.1, 0.15) is 35.0 Å². The molecule has 4 rings (SSSR count). The van der Waals surface area contributed by atoms with Crippen LogP contribution in [0.3, 0.4) is 0 Å². The number of thioether (sulfide) groups is 1. The van der Waals surface area contributed by atoms with E-state index in [0.717, 1.165) is 6.42 Å². The molecule has 0 unspecified atom stereocenters. The predicted octanol–water partition coefficient (Wildman–Crippen LogP) is 3.07. The Morgan fingerprint density at radius 3 is 2.84 bits per heavy atom. The lowest BCUT2D eigenvalue weighted by molar-refractivity contribution is 0.0987. The summed E-state index contributed by atoms with van der Waals surface area (Å²) in [5.74, 6) is -0.444. The van der Waals surface area contributed by atoms with Gasteiger partial charge in [0.2, 0.25) is 5.88 Å². The van der Waals surface area contributed by atoms with Crippen LogP contribution in [0, 0.1) is 11.7 Å². The van der Waals surface area contributed by atoms with E-state index in [-0.39, 0.29) is 46.9 Å². The van der Waals surface area contributed by atoms with E-state index in [0.29, 0.717) is 22.9 Å². The smallest absolute Gasteiger partial charge is 0.232 e. The second-order valence-corrected chi connectivity index (χ2v) is 9.58. The highest BCUT2D eigenvalue weighted by Crippen LogP contribution is 2.65. The molecule has 32 heavy (non-hydrogen) atoms. The van der Waals surface area contributed by atoms with Crippen LogP contribution >= 0.6 is 11.8 Å². The number of fused-ring (bicyclic) bond motifs is 1. The molecule has 10 heteroatoms. The van der Waals surface area contributed by atoms with Gasteiger partial charge in [0, 0.05) is 25.0 Å². The first-order chi connectivity index (χ1) is 15.3. The lowest BCUT2D eigenvalue weighted by atomic mass is 9.84. The van der Waals surface area contributed by atoms with Gasteiger partial charge in [-0.05, 0) is 31.0 Å². The molecule has 2 aliphatic rings. The van der Waals surface area contributed by atoms with Gasteiger partial charge >= 0.3 is 0 Å². The fraction of sp³-hybridized carbons (Fsp3) is 0.455. The lowest BCUT2D eigenvalue weighted by Crippen LogP contribution is -2.37. The summed E-state index contributed by atoms with van der Waals surface area (Å²) in [4.78, 5) is 25.3. The number of ether oxygens (including phenoxy) is 2. The molecule has 7 nitrogen and oxygen atoms in total. The SMILES string of the molecule is COC[C@]12C[C@H]1[C@@](C)(c1cc(CC(=O)c3cnc(OCCF)cn3)ccc1F)N=C(N)S2. The van der Waals surface area contributed by atoms with Gasteiger partial charge in [-0.15, -0.1) is 0 Å². The van der Waals surface area contributed by atoms with Crippen LogP contribution in [-0.4, -0.2) is 52.7 Å². The van der Waals surface area contributed by atoms with E-state index in [4.69, 9.17) is 15.2 Å². The molecule has 0 radical (unpaired) electrons. The maximum absolute atomic E-state index is 14.9. The zero-order chi connectivity index (χ0) is 22.9. The number of carbonyl (C=O) groups is 1. The van der Waals surface area contributed by atoms with Crippen LogP contribution in [0.25, 0.3) is 0 Å². The monoisotopic (exact) mass is 462 g/mol. The van der Waals surface area contributed by atoms with Gasteiger partial charge in [0.1, 0.15) is 24.8 Å². The molecule has 2 aromatic rings. The van der Waals surface area contributed by atoms with Gasteiger partial charge in [-0.1, -0.05) is 17.8 Å². The third-order valence-electron chi connectivity index (χ3n) is 5.92. The number of benzene rings is 1. The van der Waals surface area contributed by atoms with E-state index < -0.39 is 12.2 Å². The van der Waals surface area contributed by atoms with Crippen LogP contribution in [0.2, 0.25) is 0 Å². The molecular weight excluding hydrogens is 438 g/mol. The van der Waals surface area contributed by atoms with Gasteiger partial charge in [0.25, 0.3) is 0 Å². The number of rotatable bonds is 9. The minimum atomic E-state index is -0.841. The summed E-state index contributed by atoms with van der Waals surface area (Å²) in [5, 5.41) is 0.407. The molecule has 0 amide bonds. The maximum atomic E-state index is 14.9. The predicted molar refractivity (Wildman–Crippen MR) is 117 cm³/mol. The number of aliphatic imine (C=N–C) groups is 1. The number of amidine groups is 1. The largest absolute Gasteiger partial charge is 0.474 e. The van der Waals surface area contributed by atoms with Crippen LogP contribution in [-0.2, 0) is 16.7 Å². The molecule has 1 aliphatic carbocycles. The van der Waals surface area contributed by atoms with Gasteiger partial charge in [-0.3, -0.25) is 9.79 Å². The second-order valence-electron chi connectivity index (χ2n) is 8.15. The number of nitrogens with zero attached hydrogens (tertiary/aromatic N) is 3. The van der Waals surface area contributed by atoms with E-state index >= 15 is 0 Å². The van der Waals surface area contributed by atoms with Gasteiger partial charge in [0.15, 0.2) is 11.0 Å². The zero-order valence-electron chi connectivity index (χ0n) is 17.8. The van der Waals surface area contributed by atoms with Crippen molar-refractivity contribution < 1.29 is 23.0 Å². The van der Waals surface area contributed by atoms with Crippen molar-refractivity contribution in [2.45, 2.75) is 30.1 Å². The van der Waals surface area contributed by atoms with E-state index in [1.54, 1.807) is 19.2 Å². The number of ketones is 1. The average Bonchev–Trinajstić information content (AvgIpc) is 3.49. The quantitative estimate of drug-likeness (QED) is 0.572. The second kappa shape index (κ2) is 8.74. The fourth-order valence-corrected chi connectivity index (χ4v) is 5.80. The lowest BCUT2D eigenvalue weighted by Gasteiger charge is -2.34. The van der Waals surface area contributed by atoms with Gasteiger partial charge in [0.05, 0.1) is 29.3 Å². The highest BCUT2D eigenvalue weighted by Gasteiger charge is 2.66.